The molecule has 9 heteroatoms. The molecule has 8 nitrogen and oxygen atoms in total. The summed E-state index contributed by atoms with van der Waals surface area (Å²) < 4.78 is 1.98. The second kappa shape index (κ2) is 10.1. The molecule has 0 spiro atoms. The Kier molecular flexibility index (Phi) is 7.46. The van der Waals surface area contributed by atoms with Gasteiger partial charge in [0.05, 0.1) is 18.6 Å². The summed E-state index contributed by atoms with van der Waals surface area (Å²) >= 11 is 0. The van der Waals surface area contributed by atoms with E-state index in [1.165, 1.54) is 5.56 Å². The number of nitrogens with one attached hydrogen (secondary N) is 2. The molecule has 160 valence electrons. The number of hydrogen-bond donors (Lipinski definition) is 2. The van der Waals surface area contributed by atoms with E-state index >= 15 is 0 Å². The molecule has 1 unspecified atom stereocenters. The average molecular weight is 520 g/mol. The number of nitrogens with zero attached hydrogens (tertiary/aromatic N) is 6. The number of halogens is 1. The van der Waals surface area contributed by atoms with Crippen molar-refractivity contribution in [2.24, 2.45) is 4.99 Å². The lowest BCUT2D eigenvalue weighted by Gasteiger charge is -2.25. The zero-order chi connectivity index (χ0) is 20.2. The van der Waals surface area contributed by atoms with Gasteiger partial charge in [0.1, 0.15) is 18.0 Å². The molecule has 0 bridgehead atoms. The van der Waals surface area contributed by atoms with Gasteiger partial charge in [0, 0.05) is 38.5 Å². The number of anilines is 1. The predicted octanol–water partition coefficient (Wildman–Crippen LogP) is 2.58. The molecule has 0 aliphatic carbocycles. The average Bonchev–Trinajstić information content (AvgIpc) is 3.19. The van der Waals surface area contributed by atoms with Crippen LogP contribution in [0.4, 0.5) is 5.82 Å². The zero-order valence-electron chi connectivity index (χ0n) is 17.7. The highest BCUT2D eigenvalue weighted by atomic mass is 127. The summed E-state index contributed by atoms with van der Waals surface area (Å²) in [7, 11) is 4.02. The van der Waals surface area contributed by atoms with Gasteiger partial charge in [0.25, 0.3) is 0 Å². The van der Waals surface area contributed by atoms with Gasteiger partial charge in [0.2, 0.25) is 0 Å². The molecule has 1 aliphatic heterocycles. The molecule has 2 aromatic heterocycles. The van der Waals surface area contributed by atoms with Crippen molar-refractivity contribution >= 4 is 46.7 Å². The first-order chi connectivity index (χ1) is 14.1. The number of aliphatic imine (C=N–C) groups is 1. The van der Waals surface area contributed by atoms with Crippen LogP contribution >= 0.6 is 24.0 Å². The normalized spacial score (nSPS) is 16.0. The van der Waals surface area contributed by atoms with Crippen molar-refractivity contribution < 1.29 is 0 Å². The van der Waals surface area contributed by atoms with Gasteiger partial charge in [-0.1, -0.05) is 18.2 Å². The van der Waals surface area contributed by atoms with Crippen LogP contribution in [0, 0.1) is 0 Å². The Balaban J connectivity index is 0.00000256. The number of guanidine groups is 1. The van der Waals surface area contributed by atoms with Crippen molar-refractivity contribution in [1.29, 1.82) is 0 Å². The summed E-state index contributed by atoms with van der Waals surface area (Å²) in [4.78, 5) is 15.9. The van der Waals surface area contributed by atoms with Crippen LogP contribution in [0.15, 0.2) is 41.7 Å². The van der Waals surface area contributed by atoms with Crippen molar-refractivity contribution in [3.05, 3.63) is 48.0 Å². The highest BCUT2D eigenvalue weighted by Gasteiger charge is 2.20. The Morgan fingerprint density at radius 1 is 1.30 bits per heavy atom. The van der Waals surface area contributed by atoms with E-state index in [1.807, 2.05) is 35.8 Å². The van der Waals surface area contributed by atoms with Crippen LogP contribution in [0.1, 0.15) is 24.7 Å². The summed E-state index contributed by atoms with van der Waals surface area (Å²) in [5.41, 5.74) is 2.16. The second-order valence-corrected chi connectivity index (χ2v) is 7.48. The van der Waals surface area contributed by atoms with Gasteiger partial charge >= 0.3 is 0 Å². The summed E-state index contributed by atoms with van der Waals surface area (Å²) in [6, 6.07) is 10.6. The molecule has 2 N–H and O–H groups in total. The highest BCUT2D eigenvalue weighted by molar-refractivity contribution is 14.0. The number of hydrogen-bond acceptors (Lipinski definition) is 5. The van der Waals surface area contributed by atoms with Crippen LogP contribution in [-0.4, -0.2) is 52.4 Å². The fourth-order valence-corrected chi connectivity index (χ4v) is 3.62. The Bertz CT molecular complexity index is 1010. The summed E-state index contributed by atoms with van der Waals surface area (Å²) in [6.45, 7) is 4.29. The molecule has 4 rings (SSSR count). The Morgan fingerprint density at radius 2 is 2.13 bits per heavy atom. The molecule has 3 aromatic rings. The third kappa shape index (κ3) is 5.00. The standard InChI is InChI=1S/C21H28N8.HI/c1-4-22-21(26-16-9-10-19-24-14-25-29(19)13-16)23-12-15-11-20(28(2)3)27-18-8-6-5-7-17(15)18;/h5-8,11,14,16H,4,9-10,12-13H2,1-3H3,(H2,22,23,26);1H. The fourth-order valence-electron chi connectivity index (χ4n) is 3.62. The molecule has 0 saturated carbocycles. The van der Waals surface area contributed by atoms with Crippen LogP contribution in [0.3, 0.4) is 0 Å². The third-order valence-electron chi connectivity index (χ3n) is 5.14. The lowest BCUT2D eigenvalue weighted by molar-refractivity contribution is 0.393. The largest absolute Gasteiger partial charge is 0.363 e. The maximum atomic E-state index is 4.87. The van der Waals surface area contributed by atoms with E-state index in [-0.39, 0.29) is 30.0 Å². The number of para-hydroxylation sites is 1. The van der Waals surface area contributed by atoms with Crippen molar-refractivity contribution in [3.63, 3.8) is 0 Å². The molecular formula is C21H29IN8. The van der Waals surface area contributed by atoms with E-state index in [4.69, 9.17) is 9.98 Å². The van der Waals surface area contributed by atoms with Gasteiger partial charge in [0.15, 0.2) is 5.96 Å². The first-order valence-corrected chi connectivity index (χ1v) is 10.1. The van der Waals surface area contributed by atoms with Crippen molar-refractivity contribution in [2.75, 3.05) is 25.5 Å². The summed E-state index contributed by atoms with van der Waals surface area (Å²) in [5, 5.41) is 12.4. The van der Waals surface area contributed by atoms with Gasteiger partial charge in [-0.15, -0.1) is 24.0 Å². The topological polar surface area (TPSA) is 83.3 Å². The zero-order valence-corrected chi connectivity index (χ0v) is 20.0. The maximum absolute atomic E-state index is 4.87. The van der Waals surface area contributed by atoms with Crippen molar-refractivity contribution in [1.82, 2.24) is 30.4 Å². The van der Waals surface area contributed by atoms with E-state index in [9.17, 15) is 0 Å². The third-order valence-corrected chi connectivity index (χ3v) is 5.14. The number of benzene rings is 1. The molecule has 0 radical (unpaired) electrons. The minimum absolute atomic E-state index is 0. The Labute approximate surface area is 194 Å². The van der Waals surface area contributed by atoms with Crippen LogP contribution in [0.5, 0.6) is 0 Å². The van der Waals surface area contributed by atoms with Crippen LogP contribution in [0.25, 0.3) is 10.9 Å². The van der Waals surface area contributed by atoms with E-state index in [1.54, 1.807) is 6.33 Å². The number of aryl methyl sites for hydroxylation is 1. The van der Waals surface area contributed by atoms with Crippen LogP contribution < -0.4 is 15.5 Å². The molecule has 1 aliphatic rings. The lowest BCUT2D eigenvalue weighted by Crippen LogP contribution is -2.47. The quantitative estimate of drug-likeness (QED) is 0.306. The van der Waals surface area contributed by atoms with Gasteiger partial charge < -0.3 is 15.5 Å². The van der Waals surface area contributed by atoms with E-state index in [2.05, 4.69) is 45.8 Å². The van der Waals surface area contributed by atoms with Gasteiger partial charge in [-0.05, 0) is 31.0 Å². The van der Waals surface area contributed by atoms with E-state index in [0.717, 1.165) is 54.4 Å². The number of pyridine rings is 1. The smallest absolute Gasteiger partial charge is 0.191 e. The van der Waals surface area contributed by atoms with E-state index in [0.29, 0.717) is 6.54 Å². The number of rotatable bonds is 5. The molecule has 3 heterocycles. The molecule has 0 fully saturated rings. The molecule has 1 aromatic carbocycles. The molecule has 0 saturated heterocycles. The van der Waals surface area contributed by atoms with Gasteiger partial charge in [-0.25, -0.2) is 19.6 Å². The second-order valence-electron chi connectivity index (χ2n) is 7.48. The van der Waals surface area contributed by atoms with E-state index < -0.39 is 0 Å². The SMILES string of the molecule is CCNC(=NCc1cc(N(C)C)nc2ccccc12)NC1CCc2ncnn2C1.I. The fraction of sp³-hybridized carbons (Fsp3) is 0.429. The Hall–Kier alpha value is -2.43. The lowest BCUT2D eigenvalue weighted by atomic mass is 10.1. The predicted molar refractivity (Wildman–Crippen MR) is 132 cm³/mol. The molecule has 30 heavy (non-hydrogen) atoms. The molecule has 0 amide bonds. The monoisotopic (exact) mass is 520 g/mol. The molecular weight excluding hydrogens is 491 g/mol. The van der Waals surface area contributed by atoms with Crippen molar-refractivity contribution in [3.8, 4) is 0 Å². The van der Waals surface area contributed by atoms with Crippen LogP contribution in [-0.2, 0) is 19.5 Å². The highest BCUT2D eigenvalue weighted by Crippen LogP contribution is 2.22. The first kappa shape index (κ1) is 22.3. The molecule has 1 atom stereocenters. The summed E-state index contributed by atoms with van der Waals surface area (Å²) in [5.74, 6) is 2.83. The number of aromatic nitrogens is 4. The first-order valence-electron chi connectivity index (χ1n) is 10.1. The Morgan fingerprint density at radius 3 is 2.93 bits per heavy atom. The van der Waals surface area contributed by atoms with Gasteiger partial charge in [-0.3, -0.25) is 0 Å². The number of fused-ring (bicyclic) bond motifs is 2. The minimum Gasteiger partial charge on any atom is -0.363 e. The minimum atomic E-state index is 0. The maximum Gasteiger partial charge on any atom is 0.191 e. The van der Waals surface area contributed by atoms with Crippen molar-refractivity contribution in [2.45, 2.75) is 38.9 Å². The van der Waals surface area contributed by atoms with Gasteiger partial charge in [-0.2, -0.15) is 5.10 Å². The van der Waals surface area contributed by atoms with Crippen LogP contribution in [0.2, 0.25) is 0 Å². The summed E-state index contributed by atoms with van der Waals surface area (Å²) in [6.07, 6.45) is 3.58.